The number of alkyl carbamates (subject to hydrolysis) is 1. The number of nitrogens with one attached hydrogen (secondary N) is 2. The number of rotatable bonds is 8. The first-order valence-corrected chi connectivity index (χ1v) is 13.0. The standard InChI is InChI=1S/C27H44N4O4/c1-18(20-10-13-29-14-11-20)12-16-34-21-8-9-22(19(2)17-21)24(30-26(33)35-27(3,4)5)25(32)31-15-6-7-23(31)28/h8-9,17-18,20,23-24,29H,6-7,10-16,28H2,1-5H3,(H,30,33)/t18-,23+,24+/m1/s1. The molecular formula is C27H44N4O4. The zero-order valence-corrected chi connectivity index (χ0v) is 22.1. The van der Waals surface area contributed by atoms with Gasteiger partial charge in [-0.2, -0.15) is 0 Å². The van der Waals surface area contributed by atoms with Crippen molar-refractivity contribution in [1.82, 2.24) is 15.5 Å². The fourth-order valence-electron chi connectivity index (χ4n) is 5.00. The summed E-state index contributed by atoms with van der Waals surface area (Å²) in [5.74, 6) is 1.94. The van der Waals surface area contributed by atoms with Crippen LogP contribution in [0.4, 0.5) is 4.79 Å². The van der Waals surface area contributed by atoms with Crippen LogP contribution in [0.2, 0.25) is 0 Å². The Labute approximate surface area is 210 Å². The summed E-state index contributed by atoms with van der Waals surface area (Å²) >= 11 is 0. The molecule has 0 saturated carbocycles. The van der Waals surface area contributed by atoms with Crippen LogP contribution in [0.5, 0.6) is 5.75 Å². The molecule has 8 nitrogen and oxygen atoms in total. The maximum atomic E-state index is 13.4. The lowest BCUT2D eigenvalue weighted by Crippen LogP contribution is -2.48. The Hall–Kier alpha value is -2.32. The van der Waals surface area contributed by atoms with E-state index < -0.39 is 17.7 Å². The van der Waals surface area contributed by atoms with Gasteiger partial charge in [0, 0.05) is 6.54 Å². The summed E-state index contributed by atoms with van der Waals surface area (Å²) in [6, 6.07) is 4.80. The molecule has 0 spiro atoms. The second-order valence-corrected chi connectivity index (χ2v) is 11.0. The van der Waals surface area contributed by atoms with Crippen molar-refractivity contribution >= 4 is 12.0 Å². The molecule has 2 saturated heterocycles. The predicted molar refractivity (Wildman–Crippen MR) is 137 cm³/mol. The topological polar surface area (TPSA) is 106 Å². The largest absolute Gasteiger partial charge is 0.494 e. The first kappa shape index (κ1) is 27.3. The lowest BCUT2D eigenvalue weighted by Gasteiger charge is -2.29. The van der Waals surface area contributed by atoms with Crippen LogP contribution in [0, 0.1) is 18.8 Å². The molecule has 0 aromatic heterocycles. The Kier molecular flexibility index (Phi) is 9.41. The molecule has 3 atom stereocenters. The number of hydrogen-bond donors (Lipinski definition) is 3. The lowest BCUT2D eigenvalue weighted by atomic mass is 9.84. The summed E-state index contributed by atoms with van der Waals surface area (Å²) < 4.78 is 11.5. The van der Waals surface area contributed by atoms with Crippen molar-refractivity contribution in [3.05, 3.63) is 29.3 Å². The van der Waals surface area contributed by atoms with Gasteiger partial charge in [0.1, 0.15) is 17.4 Å². The van der Waals surface area contributed by atoms with E-state index in [4.69, 9.17) is 15.2 Å². The molecule has 2 heterocycles. The van der Waals surface area contributed by atoms with E-state index in [2.05, 4.69) is 17.6 Å². The Balaban J connectivity index is 1.68. The maximum Gasteiger partial charge on any atom is 0.408 e. The molecule has 8 heteroatoms. The number of likely N-dealkylation sites (tertiary alicyclic amines) is 1. The first-order valence-electron chi connectivity index (χ1n) is 13.0. The molecule has 4 N–H and O–H groups in total. The number of piperidine rings is 1. The van der Waals surface area contributed by atoms with Crippen LogP contribution in [0.15, 0.2) is 18.2 Å². The molecule has 3 rings (SSSR count). The van der Waals surface area contributed by atoms with Crippen molar-refractivity contribution in [2.45, 2.75) is 84.5 Å². The van der Waals surface area contributed by atoms with Gasteiger partial charge >= 0.3 is 6.09 Å². The molecule has 1 aromatic rings. The van der Waals surface area contributed by atoms with Gasteiger partial charge in [-0.05, 0) is 108 Å². The predicted octanol–water partition coefficient (Wildman–Crippen LogP) is 3.87. The van der Waals surface area contributed by atoms with E-state index >= 15 is 0 Å². The van der Waals surface area contributed by atoms with Crippen molar-refractivity contribution in [3.63, 3.8) is 0 Å². The number of ether oxygens (including phenoxy) is 2. The molecule has 196 valence electrons. The van der Waals surface area contributed by atoms with Crippen LogP contribution in [-0.2, 0) is 9.53 Å². The third kappa shape index (κ3) is 7.84. The van der Waals surface area contributed by atoms with Crippen LogP contribution in [0.25, 0.3) is 0 Å². The highest BCUT2D eigenvalue weighted by Gasteiger charge is 2.34. The van der Waals surface area contributed by atoms with Crippen molar-refractivity contribution in [3.8, 4) is 5.75 Å². The monoisotopic (exact) mass is 488 g/mol. The fraction of sp³-hybridized carbons (Fsp3) is 0.704. The minimum absolute atomic E-state index is 0.214. The summed E-state index contributed by atoms with van der Waals surface area (Å²) in [5, 5.41) is 6.21. The highest BCUT2D eigenvalue weighted by Crippen LogP contribution is 2.28. The van der Waals surface area contributed by atoms with Crippen molar-refractivity contribution in [1.29, 1.82) is 0 Å². The second-order valence-electron chi connectivity index (χ2n) is 11.0. The molecule has 0 bridgehead atoms. The highest BCUT2D eigenvalue weighted by molar-refractivity contribution is 5.87. The van der Waals surface area contributed by atoms with Gasteiger partial charge in [0.15, 0.2) is 0 Å². The number of benzene rings is 1. The molecule has 2 amide bonds. The summed E-state index contributed by atoms with van der Waals surface area (Å²) in [5.41, 5.74) is 7.08. The lowest BCUT2D eigenvalue weighted by molar-refractivity contribution is -0.134. The quantitative estimate of drug-likeness (QED) is 0.513. The molecule has 35 heavy (non-hydrogen) atoms. The number of aryl methyl sites for hydroxylation is 1. The van der Waals surface area contributed by atoms with Crippen molar-refractivity contribution < 1.29 is 19.1 Å². The van der Waals surface area contributed by atoms with Crippen LogP contribution < -0.4 is 21.1 Å². The number of amides is 2. The summed E-state index contributed by atoms with van der Waals surface area (Å²) in [7, 11) is 0. The maximum absolute atomic E-state index is 13.4. The number of carbonyl (C=O) groups is 2. The van der Waals surface area contributed by atoms with E-state index in [9.17, 15) is 9.59 Å². The Morgan fingerprint density at radius 2 is 1.94 bits per heavy atom. The van der Waals surface area contributed by atoms with Gasteiger partial charge in [0.05, 0.1) is 12.8 Å². The summed E-state index contributed by atoms with van der Waals surface area (Å²) in [4.78, 5) is 27.7. The van der Waals surface area contributed by atoms with Crippen LogP contribution in [0.1, 0.15) is 77.0 Å². The first-order chi connectivity index (χ1) is 16.5. The number of carbonyl (C=O) groups excluding carboxylic acids is 2. The minimum Gasteiger partial charge on any atom is -0.494 e. The van der Waals surface area contributed by atoms with E-state index in [0.29, 0.717) is 19.1 Å². The van der Waals surface area contributed by atoms with Gasteiger partial charge in [0.2, 0.25) is 0 Å². The highest BCUT2D eigenvalue weighted by atomic mass is 16.6. The average molecular weight is 489 g/mol. The third-order valence-electron chi connectivity index (χ3n) is 7.07. The molecule has 2 fully saturated rings. The van der Waals surface area contributed by atoms with Crippen LogP contribution in [-0.4, -0.2) is 54.9 Å². The summed E-state index contributed by atoms with van der Waals surface area (Å²) in [6.07, 6.45) is 4.12. The third-order valence-corrected chi connectivity index (χ3v) is 7.07. The van der Waals surface area contributed by atoms with E-state index in [1.807, 2.05) is 25.1 Å². The van der Waals surface area contributed by atoms with Gasteiger partial charge < -0.3 is 30.7 Å². The van der Waals surface area contributed by atoms with Crippen molar-refractivity contribution in [2.75, 3.05) is 26.2 Å². The SMILES string of the molecule is Cc1cc(OCC[C@@H](C)C2CCNCC2)ccc1[C@H](NC(=O)OC(C)(C)C)C(=O)N1CCC[C@H]1N. The van der Waals surface area contributed by atoms with E-state index in [-0.39, 0.29) is 12.1 Å². The second kappa shape index (κ2) is 12.1. The minimum atomic E-state index is -0.872. The van der Waals surface area contributed by atoms with E-state index in [0.717, 1.165) is 55.1 Å². The zero-order valence-electron chi connectivity index (χ0n) is 22.1. The molecule has 0 radical (unpaired) electrons. The number of hydrogen-bond acceptors (Lipinski definition) is 6. The molecule has 2 aliphatic heterocycles. The molecular weight excluding hydrogens is 444 g/mol. The Bertz CT molecular complexity index is 863. The Morgan fingerprint density at radius 1 is 1.23 bits per heavy atom. The molecule has 0 unspecified atom stereocenters. The van der Waals surface area contributed by atoms with E-state index in [1.54, 1.807) is 25.7 Å². The molecule has 2 aliphatic rings. The smallest absolute Gasteiger partial charge is 0.408 e. The van der Waals surface area contributed by atoms with E-state index in [1.165, 1.54) is 12.8 Å². The van der Waals surface area contributed by atoms with Gasteiger partial charge in [-0.15, -0.1) is 0 Å². The van der Waals surface area contributed by atoms with Crippen LogP contribution >= 0.6 is 0 Å². The van der Waals surface area contributed by atoms with Gasteiger partial charge in [-0.3, -0.25) is 4.79 Å². The van der Waals surface area contributed by atoms with Gasteiger partial charge in [-0.1, -0.05) is 13.0 Å². The van der Waals surface area contributed by atoms with Gasteiger partial charge in [0.25, 0.3) is 5.91 Å². The number of nitrogens with two attached hydrogens (primary N) is 1. The van der Waals surface area contributed by atoms with Gasteiger partial charge in [-0.25, -0.2) is 4.79 Å². The van der Waals surface area contributed by atoms with Crippen LogP contribution in [0.3, 0.4) is 0 Å². The Morgan fingerprint density at radius 3 is 2.54 bits per heavy atom. The zero-order chi connectivity index (χ0) is 25.6. The molecule has 0 aliphatic carbocycles. The normalized spacial score (nSPS) is 20.9. The summed E-state index contributed by atoms with van der Waals surface area (Å²) in [6.45, 7) is 13.1. The average Bonchev–Trinajstić information content (AvgIpc) is 3.22. The number of nitrogens with zero attached hydrogens (tertiary/aromatic N) is 1. The van der Waals surface area contributed by atoms with Crippen molar-refractivity contribution in [2.24, 2.45) is 17.6 Å². The fourth-order valence-corrected chi connectivity index (χ4v) is 5.00. The molecule has 1 aromatic carbocycles.